The molecule has 0 aliphatic heterocycles. The van der Waals surface area contributed by atoms with Crippen LogP contribution in [-0.4, -0.2) is 35.4 Å². The van der Waals surface area contributed by atoms with Gasteiger partial charge in [0.25, 0.3) is 0 Å². The second kappa shape index (κ2) is 6.00. The molecule has 3 rings (SSSR count). The van der Waals surface area contributed by atoms with Crippen LogP contribution >= 0.6 is 0 Å². The number of hydrogen-bond acceptors (Lipinski definition) is 4. The average molecular weight is 286 g/mol. The summed E-state index contributed by atoms with van der Waals surface area (Å²) in [5, 5.41) is 14.3. The third kappa shape index (κ3) is 3.01. The monoisotopic (exact) mass is 286 g/mol. The Morgan fingerprint density at radius 1 is 1.38 bits per heavy atom. The van der Waals surface area contributed by atoms with Gasteiger partial charge in [-0.2, -0.15) is 0 Å². The lowest BCUT2D eigenvalue weighted by molar-refractivity contribution is 0.0865. The molecule has 1 atom stereocenters. The molecule has 2 N–H and O–H groups in total. The summed E-state index contributed by atoms with van der Waals surface area (Å²) < 4.78 is 5.96. The topological polar surface area (TPSA) is 54.4 Å². The van der Waals surface area contributed by atoms with Crippen molar-refractivity contribution in [1.82, 2.24) is 10.3 Å². The Morgan fingerprint density at radius 3 is 2.95 bits per heavy atom. The van der Waals surface area contributed by atoms with E-state index < -0.39 is 0 Å². The molecular formula is C17H22N2O2. The number of benzene rings is 1. The molecule has 0 spiro atoms. The molecule has 1 fully saturated rings. The van der Waals surface area contributed by atoms with Crippen molar-refractivity contribution in [2.24, 2.45) is 5.92 Å². The van der Waals surface area contributed by atoms with Crippen LogP contribution in [0, 0.1) is 5.92 Å². The minimum absolute atomic E-state index is 0.108. The number of nitrogens with one attached hydrogen (secondary N) is 1. The van der Waals surface area contributed by atoms with Crippen molar-refractivity contribution < 1.29 is 9.84 Å². The lowest BCUT2D eigenvalue weighted by atomic mass is 9.95. The number of aliphatic hydroxyl groups is 1. The molecule has 1 aromatic carbocycles. The average Bonchev–Trinajstić information content (AvgIpc) is 3.36. The highest BCUT2D eigenvalue weighted by Gasteiger charge is 2.45. The molecule has 1 aromatic heterocycles. The van der Waals surface area contributed by atoms with E-state index in [9.17, 15) is 5.11 Å². The quantitative estimate of drug-likeness (QED) is 0.820. The molecule has 0 saturated heterocycles. The number of ether oxygens (including phenoxy) is 1. The summed E-state index contributed by atoms with van der Waals surface area (Å²) in [6.07, 6.45) is 4.11. The molecule has 1 saturated carbocycles. The maximum atomic E-state index is 9.81. The van der Waals surface area contributed by atoms with Crippen molar-refractivity contribution in [2.45, 2.75) is 25.3 Å². The van der Waals surface area contributed by atoms with E-state index in [4.69, 9.17) is 4.74 Å². The molecule has 0 bridgehead atoms. The first-order valence-electron chi connectivity index (χ1n) is 7.61. The van der Waals surface area contributed by atoms with Gasteiger partial charge >= 0.3 is 0 Å². The minimum Gasteiger partial charge on any atom is -0.491 e. The van der Waals surface area contributed by atoms with Gasteiger partial charge in [-0.1, -0.05) is 13.0 Å². The van der Waals surface area contributed by atoms with Gasteiger partial charge in [-0.25, -0.2) is 0 Å². The molecule has 1 aliphatic rings. The Morgan fingerprint density at radius 2 is 2.24 bits per heavy atom. The number of pyridine rings is 1. The summed E-state index contributed by atoms with van der Waals surface area (Å²) in [5.74, 6) is 1.32. The maximum Gasteiger partial charge on any atom is 0.121 e. The van der Waals surface area contributed by atoms with Gasteiger partial charge in [-0.05, 0) is 43.5 Å². The van der Waals surface area contributed by atoms with Crippen LogP contribution in [-0.2, 0) is 0 Å². The SMILES string of the molecule is CCNC(CO)(COc1ccc2cccnc2c1)C1CC1. The van der Waals surface area contributed by atoms with Crippen LogP contribution in [0.3, 0.4) is 0 Å². The zero-order chi connectivity index (χ0) is 14.7. The highest BCUT2D eigenvalue weighted by Crippen LogP contribution is 2.40. The predicted octanol–water partition coefficient (Wildman–Crippen LogP) is 2.36. The minimum atomic E-state index is -0.312. The van der Waals surface area contributed by atoms with Crippen LogP contribution in [0.25, 0.3) is 10.9 Å². The third-order valence-corrected chi connectivity index (χ3v) is 4.24. The first-order valence-corrected chi connectivity index (χ1v) is 7.61. The summed E-state index contributed by atoms with van der Waals surface area (Å²) >= 11 is 0. The third-order valence-electron chi connectivity index (χ3n) is 4.24. The van der Waals surface area contributed by atoms with Gasteiger partial charge in [0.2, 0.25) is 0 Å². The Bertz CT molecular complexity index is 613. The molecule has 1 heterocycles. The van der Waals surface area contributed by atoms with E-state index in [-0.39, 0.29) is 12.1 Å². The molecule has 1 aliphatic carbocycles. The molecule has 4 nitrogen and oxygen atoms in total. The van der Waals surface area contributed by atoms with E-state index in [1.54, 1.807) is 6.20 Å². The predicted molar refractivity (Wildman–Crippen MR) is 83.5 cm³/mol. The second-order valence-corrected chi connectivity index (χ2v) is 5.77. The Labute approximate surface area is 125 Å². The zero-order valence-electron chi connectivity index (χ0n) is 12.4. The number of aromatic nitrogens is 1. The molecule has 0 radical (unpaired) electrons. The molecule has 1 unspecified atom stereocenters. The number of rotatable bonds is 7. The van der Waals surface area contributed by atoms with Crippen LogP contribution < -0.4 is 10.1 Å². The molecule has 112 valence electrons. The Balaban J connectivity index is 1.74. The van der Waals surface area contributed by atoms with Gasteiger partial charge in [-0.15, -0.1) is 0 Å². The second-order valence-electron chi connectivity index (χ2n) is 5.77. The van der Waals surface area contributed by atoms with Crippen molar-refractivity contribution in [3.63, 3.8) is 0 Å². The molecule has 0 amide bonds. The van der Waals surface area contributed by atoms with Crippen LogP contribution in [0.4, 0.5) is 0 Å². The fourth-order valence-electron chi connectivity index (χ4n) is 2.88. The highest BCUT2D eigenvalue weighted by atomic mass is 16.5. The van der Waals surface area contributed by atoms with E-state index in [1.807, 2.05) is 30.3 Å². The normalized spacial score (nSPS) is 17.6. The van der Waals surface area contributed by atoms with Gasteiger partial charge in [0.1, 0.15) is 12.4 Å². The smallest absolute Gasteiger partial charge is 0.121 e. The largest absolute Gasteiger partial charge is 0.491 e. The van der Waals surface area contributed by atoms with Crippen LogP contribution in [0.15, 0.2) is 36.5 Å². The maximum absolute atomic E-state index is 9.81. The van der Waals surface area contributed by atoms with E-state index in [2.05, 4.69) is 17.2 Å². The lowest BCUT2D eigenvalue weighted by Crippen LogP contribution is -2.55. The molecule has 4 heteroatoms. The van der Waals surface area contributed by atoms with E-state index in [1.165, 1.54) is 0 Å². The van der Waals surface area contributed by atoms with Gasteiger partial charge < -0.3 is 15.2 Å². The van der Waals surface area contributed by atoms with Gasteiger partial charge in [0.15, 0.2) is 0 Å². The van der Waals surface area contributed by atoms with Crippen molar-refractivity contribution >= 4 is 10.9 Å². The summed E-state index contributed by atoms with van der Waals surface area (Å²) in [5.41, 5.74) is 0.618. The number of fused-ring (bicyclic) bond motifs is 1. The van der Waals surface area contributed by atoms with Gasteiger partial charge in [0, 0.05) is 17.6 Å². The van der Waals surface area contributed by atoms with E-state index in [0.29, 0.717) is 12.5 Å². The van der Waals surface area contributed by atoms with E-state index >= 15 is 0 Å². The van der Waals surface area contributed by atoms with Gasteiger partial charge in [-0.3, -0.25) is 4.98 Å². The summed E-state index contributed by atoms with van der Waals surface area (Å²) in [6, 6.07) is 9.90. The Kier molecular flexibility index (Phi) is 4.08. The lowest BCUT2D eigenvalue weighted by Gasteiger charge is -2.32. The summed E-state index contributed by atoms with van der Waals surface area (Å²) in [6.45, 7) is 3.49. The number of aliphatic hydroxyl groups excluding tert-OH is 1. The van der Waals surface area contributed by atoms with Gasteiger partial charge in [0.05, 0.1) is 17.7 Å². The van der Waals surface area contributed by atoms with Crippen molar-refractivity contribution in [2.75, 3.05) is 19.8 Å². The highest BCUT2D eigenvalue weighted by molar-refractivity contribution is 5.79. The standard InChI is InChI=1S/C17H22N2O2/c1-2-19-17(11-20,14-6-7-14)12-21-15-8-5-13-4-3-9-18-16(13)10-15/h3-5,8-10,14,19-20H,2,6-7,11-12H2,1H3. The molecule has 2 aromatic rings. The summed E-state index contributed by atoms with van der Waals surface area (Å²) in [7, 11) is 0. The number of hydrogen-bond donors (Lipinski definition) is 2. The van der Waals surface area contributed by atoms with Crippen molar-refractivity contribution in [3.8, 4) is 5.75 Å². The van der Waals surface area contributed by atoms with Crippen LogP contribution in [0.1, 0.15) is 19.8 Å². The Hall–Kier alpha value is -1.65. The zero-order valence-corrected chi connectivity index (χ0v) is 12.4. The first kappa shape index (κ1) is 14.3. The summed E-state index contributed by atoms with van der Waals surface area (Å²) in [4.78, 5) is 4.35. The fourth-order valence-corrected chi connectivity index (χ4v) is 2.88. The van der Waals surface area contributed by atoms with Crippen molar-refractivity contribution in [3.05, 3.63) is 36.5 Å². The number of likely N-dealkylation sites (N-methyl/N-ethyl adjacent to an activating group) is 1. The number of nitrogens with zero attached hydrogens (tertiary/aromatic N) is 1. The van der Waals surface area contributed by atoms with Crippen LogP contribution in [0.2, 0.25) is 0 Å². The van der Waals surface area contributed by atoms with E-state index in [0.717, 1.165) is 36.0 Å². The van der Waals surface area contributed by atoms with Crippen LogP contribution in [0.5, 0.6) is 5.75 Å². The fraction of sp³-hybridized carbons (Fsp3) is 0.471. The molecular weight excluding hydrogens is 264 g/mol. The molecule has 21 heavy (non-hydrogen) atoms. The first-order chi connectivity index (χ1) is 10.3. The van der Waals surface area contributed by atoms with Crippen molar-refractivity contribution in [1.29, 1.82) is 0 Å².